The summed E-state index contributed by atoms with van der Waals surface area (Å²) < 4.78 is 21.3. The van der Waals surface area contributed by atoms with Crippen LogP contribution in [0.1, 0.15) is 62.5 Å². The molecule has 2 aromatic carbocycles. The van der Waals surface area contributed by atoms with E-state index in [1.54, 1.807) is 35.8 Å². The molecule has 0 saturated carbocycles. The first-order chi connectivity index (χ1) is 18.5. The maximum Gasteiger partial charge on any atom is 0.341 e. The minimum atomic E-state index is -0.912. The molecule has 9 heteroatoms. The molecular weight excluding hydrogens is 487 g/mol. The fourth-order valence-electron chi connectivity index (χ4n) is 4.80. The topological polar surface area (TPSA) is 93.0 Å². The van der Waals surface area contributed by atoms with Crippen LogP contribution in [0, 0.1) is 5.82 Å². The number of carbonyl (C=O) groups excluding carboxylic acids is 3. The molecule has 1 fully saturated rings. The number of benzene rings is 2. The summed E-state index contributed by atoms with van der Waals surface area (Å²) in [5.41, 5.74) is 2.55. The molecule has 3 heterocycles. The average Bonchev–Trinajstić information content (AvgIpc) is 3.43. The quantitative estimate of drug-likeness (QED) is 0.369. The van der Waals surface area contributed by atoms with Gasteiger partial charge in [0.15, 0.2) is 0 Å². The number of halogens is 1. The molecule has 5 rings (SSSR count). The van der Waals surface area contributed by atoms with Crippen LogP contribution in [0.4, 0.5) is 10.1 Å². The number of nitrogens with one attached hydrogen (secondary N) is 1. The first-order valence-electron chi connectivity index (χ1n) is 12.5. The molecule has 0 unspecified atom stereocenters. The lowest BCUT2D eigenvalue weighted by Crippen LogP contribution is -2.38. The lowest BCUT2D eigenvalue weighted by Gasteiger charge is -2.32. The Bertz CT molecular complexity index is 1490. The van der Waals surface area contributed by atoms with Crippen molar-refractivity contribution < 1.29 is 23.5 Å². The van der Waals surface area contributed by atoms with Gasteiger partial charge >= 0.3 is 5.97 Å². The summed E-state index contributed by atoms with van der Waals surface area (Å²) in [7, 11) is 0. The number of nitrogens with zero attached hydrogens (tertiary/aromatic N) is 3. The van der Waals surface area contributed by atoms with Crippen LogP contribution in [0.25, 0.3) is 5.52 Å². The van der Waals surface area contributed by atoms with Gasteiger partial charge in [0.1, 0.15) is 11.5 Å². The maximum atomic E-state index is 14.8. The predicted octanol–water partition coefficient (Wildman–Crippen LogP) is 4.92. The summed E-state index contributed by atoms with van der Waals surface area (Å²) in [6, 6.07) is 18.9. The van der Waals surface area contributed by atoms with Gasteiger partial charge in [-0.25, -0.2) is 13.7 Å². The number of rotatable bonds is 6. The number of hydrogen-bond acceptors (Lipinski definition) is 5. The van der Waals surface area contributed by atoms with Crippen molar-refractivity contribution in [3.63, 3.8) is 0 Å². The third-order valence-corrected chi connectivity index (χ3v) is 6.80. The number of aromatic nitrogens is 2. The van der Waals surface area contributed by atoms with E-state index in [-0.39, 0.29) is 29.6 Å². The van der Waals surface area contributed by atoms with Gasteiger partial charge in [0.2, 0.25) is 0 Å². The Hall–Kier alpha value is -4.53. The molecule has 38 heavy (non-hydrogen) atoms. The third kappa shape index (κ3) is 5.00. The number of anilines is 1. The molecule has 0 atom stereocenters. The van der Waals surface area contributed by atoms with Gasteiger partial charge in [0.05, 0.1) is 29.4 Å². The van der Waals surface area contributed by atoms with E-state index in [1.807, 2.05) is 35.2 Å². The number of pyridine rings is 1. The highest BCUT2D eigenvalue weighted by molar-refractivity contribution is 6.06. The molecule has 0 spiro atoms. The Morgan fingerprint density at radius 1 is 0.974 bits per heavy atom. The van der Waals surface area contributed by atoms with E-state index in [0.29, 0.717) is 24.5 Å². The summed E-state index contributed by atoms with van der Waals surface area (Å²) in [5, 5.41) is 6.95. The first kappa shape index (κ1) is 25.1. The molecule has 1 aliphatic heterocycles. The van der Waals surface area contributed by atoms with Crippen LogP contribution in [0.15, 0.2) is 72.9 Å². The number of carbonyl (C=O) groups is 3. The molecule has 0 bridgehead atoms. The third-order valence-electron chi connectivity index (χ3n) is 6.80. The lowest BCUT2D eigenvalue weighted by molar-refractivity contribution is 0.0520. The number of hydrogen-bond donors (Lipinski definition) is 1. The number of ether oxygens (including phenoxy) is 1. The highest BCUT2D eigenvalue weighted by Gasteiger charge is 2.26. The molecule has 1 saturated heterocycles. The molecule has 194 valence electrons. The number of piperidine rings is 1. The Labute approximate surface area is 219 Å². The molecule has 2 aromatic heterocycles. The van der Waals surface area contributed by atoms with Gasteiger partial charge in [0, 0.05) is 18.8 Å². The van der Waals surface area contributed by atoms with Crippen molar-refractivity contribution in [3.8, 4) is 0 Å². The Morgan fingerprint density at radius 3 is 2.42 bits per heavy atom. The predicted molar refractivity (Wildman–Crippen MR) is 140 cm³/mol. The van der Waals surface area contributed by atoms with Crippen LogP contribution in [0.3, 0.4) is 0 Å². The average molecular weight is 515 g/mol. The number of fused-ring (bicyclic) bond motifs is 1. The summed E-state index contributed by atoms with van der Waals surface area (Å²) >= 11 is 0. The molecule has 2 amide bonds. The maximum absolute atomic E-state index is 14.8. The van der Waals surface area contributed by atoms with E-state index >= 15 is 0 Å². The van der Waals surface area contributed by atoms with Gasteiger partial charge in [-0.05, 0) is 73.7 Å². The highest BCUT2D eigenvalue weighted by Crippen LogP contribution is 2.30. The molecule has 4 aromatic rings. The van der Waals surface area contributed by atoms with E-state index in [9.17, 15) is 18.8 Å². The molecular formula is C29H27FN4O4. The molecule has 8 nitrogen and oxygen atoms in total. The van der Waals surface area contributed by atoms with Gasteiger partial charge in [0.25, 0.3) is 11.8 Å². The van der Waals surface area contributed by atoms with Crippen LogP contribution in [-0.2, 0) is 4.74 Å². The second-order valence-corrected chi connectivity index (χ2v) is 9.11. The molecule has 0 aliphatic carbocycles. The summed E-state index contributed by atoms with van der Waals surface area (Å²) in [4.78, 5) is 39.6. The Kier molecular flexibility index (Phi) is 7.17. The number of esters is 1. The molecule has 1 aliphatic rings. The van der Waals surface area contributed by atoms with Gasteiger partial charge in [-0.1, -0.05) is 24.3 Å². The zero-order chi connectivity index (χ0) is 26.6. The largest absolute Gasteiger partial charge is 0.462 e. The van der Waals surface area contributed by atoms with Crippen molar-refractivity contribution in [2.24, 2.45) is 0 Å². The van der Waals surface area contributed by atoms with Crippen LogP contribution in [-0.4, -0.2) is 52.0 Å². The fraction of sp³-hybridized carbons (Fsp3) is 0.241. The first-order valence-corrected chi connectivity index (χ1v) is 12.5. The lowest BCUT2D eigenvalue weighted by atomic mass is 9.89. The van der Waals surface area contributed by atoms with E-state index in [2.05, 4.69) is 10.4 Å². The van der Waals surface area contributed by atoms with E-state index < -0.39 is 17.7 Å². The van der Waals surface area contributed by atoms with Gasteiger partial charge < -0.3 is 15.0 Å². The molecule has 0 radical (unpaired) electrons. The van der Waals surface area contributed by atoms with E-state index in [1.165, 1.54) is 18.2 Å². The van der Waals surface area contributed by atoms with Crippen molar-refractivity contribution in [1.82, 2.24) is 14.5 Å². The van der Waals surface area contributed by atoms with E-state index in [4.69, 9.17) is 4.74 Å². The summed E-state index contributed by atoms with van der Waals surface area (Å²) in [6.07, 6.45) is 3.32. The minimum absolute atomic E-state index is 0.0323. The smallest absolute Gasteiger partial charge is 0.341 e. The SMILES string of the molecule is CCOC(=O)c1cccc(C(=O)Nc2ccc(C3CCN(C(=O)c4cccc5ccnn45)CC3)cc2)c1F. The second kappa shape index (κ2) is 10.8. The van der Waals surface area contributed by atoms with Gasteiger partial charge in [-0.15, -0.1) is 0 Å². The number of likely N-dealkylation sites (tertiary alicyclic amines) is 1. The summed E-state index contributed by atoms with van der Waals surface area (Å²) in [6.45, 7) is 3.01. The van der Waals surface area contributed by atoms with Gasteiger partial charge in [-0.2, -0.15) is 5.10 Å². The highest BCUT2D eigenvalue weighted by atomic mass is 19.1. The van der Waals surface area contributed by atoms with Crippen molar-refractivity contribution in [2.75, 3.05) is 25.0 Å². The zero-order valence-electron chi connectivity index (χ0n) is 20.9. The normalized spacial score (nSPS) is 13.9. The minimum Gasteiger partial charge on any atom is -0.462 e. The van der Waals surface area contributed by atoms with Crippen molar-refractivity contribution in [3.05, 3.63) is 101 Å². The molecule has 1 N–H and O–H groups in total. The second-order valence-electron chi connectivity index (χ2n) is 9.11. The summed E-state index contributed by atoms with van der Waals surface area (Å²) in [5.74, 6) is -2.13. The Morgan fingerprint density at radius 2 is 1.68 bits per heavy atom. The van der Waals surface area contributed by atoms with Crippen molar-refractivity contribution in [2.45, 2.75) is 25.7 Å². The van der Waals surface area contributed by atoms with Crippen LogP contribution >= 0.6 is 0 Å². The fourth-order valence-corrected chi connectivity index (χ4v) is 4.80. The number of amides is 2. The van der Waals surface area contributed by atoms with E-state index in [0.717, 1.165) is 23.9 Å². The van der Waals surface area contributed by atoms with Crippen LogP contribution < -0.4 is 5.32 Å². The monoisotopic (exact) mass is 514 g/mol. The van der Waals surface area contributed by atoms with Gasteiger partial charge in [-0.3, -0.25) is 9.59 Å². The van der Waals surface area contributed by atoms with Crippen LogP contribution in [0.2, 0.25) is 0 Å². The Balaban J connectivity index is 1.20. The zero-order valence-corrected chi connectivity index (χ0v) is 20.9. The van der Waals surface area contributed by atoms with Crippen molar-refractivity contribution >= 4 is 29.0 Å². The van der Waals surface area contributed by atoms with Crippen molar-refractivity contribution in [1.29, 1.82) is 0 Å². The standard InChI is InChI=1S/C29H27FN4O4/c1-2-38-29(37)24-7-4-6-23(26(24)30)27(35)32-21-11-9-19(10-12-21)20-14-17-33(18-15-20)28(36)25-8-3-5-22-13-16-31-34(22)25/h3-13,16,20H,2,14-15,17-18H2,1H3,(H,32,35). The van der Waals surface area contributed by atoms with Crippen LogP contribution in [0.5, 0.6) is 0 Å².